The van der Waals surface area contributed by atoms with Crippen molar-refractivity contribution >= 4 is 5.82 Å². The third-order valence-corrected chi connectivity index (χ3v) is 3.72. The topological polar surface area (TPSA) is 47.0 Å². The first-order valence-corrected chi connectivity index (χ1v) is 7.42. The summed E-state index contributed by atoms with van der Waals surface area (Å²) in [5.41, 5.74) is 0. The molecule has 1 fully saturated rings. The summed E-state index contributed by atoms with van der Waals surface area (Å²) in [6, 6.07) is 2.44. The molecule has 2 atom stereocenters. The highest BCUT2D eigenvalue weighted by molar-refractivity contribution is 5.39. The third kappa shape index (κ3) is 4.37. The van der Waals surface area contributed by atoms with Gasteiger partial charge in [-0.1, -0.05) is 19.8 Å². The zero-order chi connectivity index (χ0) is 13.7. The van der Waals surface area contributed by atoms with Gasteiger partial charge in [0.25, 0.3) is 0 Å². The van der Waals surface area contributed by atoms with Crippen LogP contribution in [0, 0.1) is 12.8 Å². The van der Waals surface area contributed by atoms with Crippen LogP contribution in [0.5, 0.6) is 5.88 Å². The minimum atomic E-state index is 0.536. The van der Waals surface area contributed by atoms with Crippen LogP contribution in [0.25, 0.3) is 0 Å². The molecule has 0 aliphatic heterocycles. The maximum absolute atomic E-state index is 5.47. The molecule has 1 aromatic heterocycles. The van der Waals surface area contributed by atoms with Gasteiger partial charge in [-0.05, 0) is 39.0 Å². The van der Waals surface area contributed by atoms with Gasteiger partial charge in [0.05, 0.1) is 6.61 Å². The lowest BCUT2D eigenvalue weighted by Crippen LogP contribution is -2.19. The molecule has 1 heterocycles. The molecular formula is C15H25N3O. The Hall–Kier alpha value is -1.32. The first kappa shape index (κ1) is 14.1. The maximum atomic E-state index is 5.47. The number of ether oxygens (including phenoxy) is 1. The molecule has 2 unspecified atom stereocenters. The van der Waals surface area contributed by atoms with Crippen molar-refractivity contribution in [1.82, 2.24) is 9.97 Å². The molecule has 1 N–H and O–H groups in total. The molecule has 0 spiro atoms. The number of hydrogen-bond donors (Lipinski definition) is 1. The zero-order valence-corrected chi connectivity index (χ0v) is 12.3. The van der Waals surface area contributed by atoms with Gasteiger partial charge in [-0.25, -0.2) is 4.98 Å². The van der Waals surface area contributed by atoms with E-state index < -0.39 is 0 Å². The predicted octanol–water partition coefficient (Wildman–Crippen LogP) is 3.56. The largest absolute Gasteiger partial charge is 0.478 e. The summed E-state index contributed by atoms with van der Waals surface area (Å²) in [7, 11) is 0. The zero-order valence-electron chi connectivity index (χ0n) is 12.3. The first-order chi connectivity index (χ1) is 9.17. The van der Waals surface area contributed by atoms with E-state index in [1.165, 1.54) is 32.1 Å². The van der Waals surface area contributed by atoms with E-state index in [-0.39, 0.29) is 0 Å². The van der Waals surface area contributed by atoms with Crippen molar-refractivity contribution in [2.24, 2.45) is 5.92 Å². The molecular weight excluding hydrogens is 238 g/mol. The monoisotopic (exact) mass is 263 g/mol. The summed E-state index contributed by atoms with van der Waals surface area (Å²) >= 11 is 0. The summed E-state index contributed by atoms with van der Waals surface area (Å²) in [6.45, 7) is 6.86. The van der Waals surface area contributed by atoms with E-state index in [4.69, 9.17) is 4.74 Å². The van der Waals surface area contributed by atoms with Crippen molar-refractivity contribution in [2.75, 3.05) is 11.9 Å². The molecule has 0 bridgehead atoms. The van der Waals surface area contributed by atoms with Crippen molar-refractivity contribution in [3.8, 4) is 5.88 Å². The number of nitrogens with one attached hydrogen (secondary N) is 1. The molecule has 1 saturated carbocycles. The van der Waals surface area contributed by atoms with Gasteiger partial charge in [-0.15, -0.1) is 0 Å². The van der Waals surface area contributed by atoms with Gasteiger partial charge >= 0.3 is 0 Å². The highest BCUT2D eigenvalue weighted by atomic mass is 16.5. The van der Waals surface area contributed by atoms with E-state index in [1.54, 1.807) is 0 Å². The number of aryl methyl sites for hydroxylation is 1. The highest BCUT2D eigenvalue weighted by Gasteiger charge is 2.16. The fourth-order valence-corrected chi connectivity index (χ4v) is 2.68. The molecule has 19 heavy (non-hydrogen) atoms. The van der Waals surface area contributed by atoms with Crippen LogP contribution in [-0.2, 0) is 0 Å². The minimum Gasteiger partial charge on any atom is -0.478 e. The third-order valence-electron chi connectivity index (χ3n) is 3.72. The van der Waals surface area contributed by atoms with E-state index in [1.807, 2.05) is 19.9 Å². The normalized spacial score (nSPS) is 23.7. The van der Waals surface area contributed by atoms with Crippen LogP contribution in [0.4, 0.5) is 5.82 Å². The Morgan fingerprint density at radius 1 is 1.26 bits per heavy atom. The standard InChI is InChI=1S/C15H25N3O/c1-4-19-15-10-14(16-12(3)17-15)18-13-7-5-6-11(2)8-9-13/h10-11,13H,4-9H2,1-3H3,(H,16,17,18). The number of hydrogen-bond acceptors (Lipinski definition) is 4. The van der Waals surface area contributed by atoms with Crippen LogP contribution in [0.3, 0.4) is 0 Å². The summed E-state index contributed by atoms with van der Waals surface area (Å²) in [5, 5.41) is 3.55. The summed E-state index contributed by atoms with van der Waals surface area (Å²) in [4.78, 5) is 8.73. The minimum absolute atomic E-state index is 0.536. The fourth-order valence-electron chi connectivity index (χ4n) is 2.68. The second-order valence-electron chi connectivity index (χ2n) is 5.53. The van der Waals surface area contributed by atoms with Crippen LogP contribution in [0.2, 0.25) is 0 Å². The number of rotatable bonds is 4. The summed E-state index contributed by atoms with van der Waals surface area (Å²) < 4.78 is 5.47. The maximum Gasteiger partial charge on any atom is 0.218 e. The van der Waals surface area contributed by atoms with Crippen LogP contribution >= 0.6 is 0 Å². The van der Waals surface area contributed by atoms with Crippen molar-refractivity contribution in [1.29, 1.82) is 0 Å². The quantitative estimate of drug-likeness (QED) is 0.844. The van der Waals surface area contributed by atoms with E-state index in [0.29, 0.717) is 18.5 Å². The molecule has 106 valence electrons. The molecule has 0 radical (unpaired) electrons. The SMILES string of the molecule is CCOc1cc(NC2CCCC(C)CC2)nc(C)n1. The Kier molecular flexibility index (Phi) is 5.00. The van der Waals surface area contributed by atoms with E-state index in [2.05, 4.69) is 22.2 Å². The molecule has 4 nitrogen and oxygen atoms in total. The number of nitrogens with zero attached hydrogens (tertiary/aromatic N) is 2. The summed E-state index contributed by atoms with van der Waals surface area (Å²) in [5.74, 6) is 3.18. The molecule has 1 aliphatic carbocycles. The average Bonchev–Trinajstić information content (AvgIpc) is 2.54. The molecule has 0 aromatic carbocycles. The van der Waals surface area contributed by atoms with Gasteiger partial charge in [-0.3, -0.25) is 0 Å². The van der Waals surface area contributed by atoms with Crippen molar-refractivity contribution in [2.45, 2.75) is 58.9 Å². The van der Waals surface area contributed by atoms with Gasteiger partial charge < -0.3 is 10.1 Å². The molecule has 2 rings (SSSR count). The van der Waals surface area contributed by atoms with Crippen molar-refractivity contribution in [3.05, 3.63) is 11.9 Å². The van der Waals surface area contributed by atoms with Crippen LogP contribution in [-0.4, -0.2) is 22.6 Å². The Morgan fingerprint density at radius 3 is 2.89 bits per heavy atom. The molecule has 1 aliphatic rings. The lowest BCUT2D eigenvalue weighted by molar-refractivity contribution is 0.325. The second kappa shape index (κ2) is 6.73. The fraction of sp³-hybridized carbons (Fsp3) is 0.733. The molecule has 4 heteroatoms. The molecule has 0 saturated heterocycles. The van der Waals surface area contributed by atoms with Gasteiger partial charge in [0.2, 0.25) is 5.88 Å². The second-order valence-corrected chi connectivity index (χ2v) is 5.53. The van der Waals surface area contributed by atoms with Gasteiger partial charge in [0.1, 0.15) is 11.6 Å². The van der Waals surface area contributed by atoms with Crippen molar-refractivity contribution in [3.63, 3.8) is 0 Å². The Bertz CT molecular complexity index is 408. The lowest BCUT2D eigenvalue weighted by Gasteiger charge is -2.17. The van der Waals surface area contributed by atoms with Crippen molar-refractivity contribution < 1.29 is 4.74 Å². The van der Waals surface area contributed by atoms with Crippen LogP contribution in [0.15, 0.2) is 6.07 Å². The molecule has 0 amide bonds. The number of anilines is 1. The first-order valence-electron chi connectivity index (χ1n) is 7.42. The van der Waals surface area contributed by atoms with Gasteiger partial charge in [0, 0.05) is 12.1 Å². The van der Waals surface area contributed by atoms with Gasteiger partial charge in [0.15, 0.2) is 0 Å². The lowest BCUT2D eigenvalue weighted by atomic mass is 10.0. The van der Waals surface area contributed by atoms with E-state index in [0.717, 1.165) is 17.6 Å². The van der Waals surface area contributed by atoms with Gasteiger partial charge in [-0.2, -0.15) is 4.98 Å². The van der Waals surface area contributed by atoms with Crippen LogP contribution in [0.1, 0.15) is 51.8 Å². The number of aromatic nitrogens is 2. The summed E-state index contributed by atoms with van der Waals surface area (Å²) in [6.07, 6.45) is 6.43. The van der Waals surface area contributed by atoms with Crippen LogP contribution < -0.4 is 10.1 Å². The Morgan fingerprint density at radius 2 is 2.11 bits per heavy atom. The average molecular weight is 263 g/mol. The molecule has 1 aromatic rings. The Balaban J connectivity index is 2.01. The van der Waals surface area contributed by atoms with E-state index >= 15 is 0 Å². The van der Waals surface area contributed by atoms with E-state index in [9.17, 15) is 0 Å². The smallest absolute Gasteiger partial charge is 0.218 e. The Labute approximate surface area is 116 Å². The highest BCUT2D eigenvalue weighted by Crippen LogP contribution is 2.25. The predicted molar refractivity (Wildman–Crippen MR) is 77.6 cm³/mol.